The summed E-state index contributed by atoms with van der Waals surface area (Å²) in [5.74, 6) is -1.26. The fourth-order valence-electron chi connectivity index (χ4n) is 5.17. The number of nitrogens with zero attached hydrogens (tertiary/aromatic N) is 2. The van der Waals surface area contributed by atoms with Gasteiger partial charge in [0.25, 0.3) is 11.9 Å². The van der Waals surface area contributed by atoms with Crippen LogP contribution in [-0.4, -0.2) is 56.2 Å². The van der Waals surface area contributed by atoms with Crippen molar-refractivity contribution in [2.45, 2.75) is 28.7 Å². The van der Waals surface area contributed by atoms with E-state index in [4.69, 9.17) is 36.4 Å². The SMILES string of the molecule is C.C.CC(=O)O.CC(=O)O.Nc1ccccc1-c1ccccc1N.O=Cc1ccccc1O.Oc1ccccc1C=Nc1ccccc1-c1ccccc1N=Cc1ccccc1O.[Zn].[Zn]. The van der Waals surface area contributed by atoms with Crippen LogP contribution in [0.4, 0.5) is 22.7 Å². The summed E-state index contributed by atoms with van der Waals surface area (Å²) in [6, 6.07) is 51.6. The Bertz CT molecular complexity index is 2420. The van der Waals surface area contributed by atoms with E-state index in [1.54, 1.807) is 54.9 Å². The van der Waals surface area contributed by atoms with Crippen molar-refractivity contribution >= 4 is 53.4 Å². The molecular formula is C51H54N4O8Zn2. The van der Waals surface area contributed by atoms with Gasteiger partial charge in [0, 0.05) is 110 Å². The number of aromatic hydroxyl groups is 3. The predicted octanol–water partition coefficient (Wildman–Crippen LogP) is 11.4. The number of phenolic OH excluding ortho intramolecular Hbond substituents is 3. The molecule has 7 aromatic carbocycles. The molecule has 0 heterocycles. The number of para-hydroxylation sites is 7. The van der Waals surface area contributed by atoms with Crippen molar-refractivity contribution < 1.29 is 78.9 Å². The van der Waals surface area contributed by atoms with Gasteiger partial charge in [0.2, 0.25) is 0 Å². The molecule has 0 radical (unpaired) electrons. The van der Waals surface area contributed by atoms with E-state index in [9.17, 15) is 15.0 Å². The Morgan fingerprint density at radius 2 is 0.677 bits per heavy atom. The second-order valence-electron chi connectivity index (χ2n) is 12.6. The van der Waals surface area contributed by atoms with Crippen LogP contribution in [0.1, 0.15) is 50.2 Å². The van der Waals surface area contributed by atoms with Crippen LogP contribution in [0.25, 0.3) is 22.3 Å². The summed E-state index contributed by atoms with van der Waals surface area (Å²) in [5, 5.41) is 43.7. The number of nitrogen functional groups attached to an aromatic ring is 2. The number of carbonyl (C=O) groups excluding carboxylic acids is 1. The van der Waals surface area contributed by atoms with Crippen molar-refractivity contribution in [3.05, 3.63) is 187 Å². The van der Waals surface area contributed by atoms with Gasteiger partial charge in [-0.1, -0.05) is 124 Å². The maximum absolute atomic E-state index is 10.1. The number of carboxylic acids is 2. The Hall–Kier alpha value is -7.26. The zero-order valence-corrected chi connectivity index (χ0v) is 40.8. The average Bonchev–Trinajstić information content (AvgIpc) is 3.24. The Balaban J connectivity index is 0. The minimum Gasteiger partial charge on any atom is -0.507 e. The number of aliphatic carboxylic acids is 2. The number of carboxylic acid groups (broad SMARTS) is 2. The molecule has 14 heteroatoms. The van der Waals surface area contributed by atoms with Crippen LogP contribution in [0.3, 0.4) is 0 Å². The molecule has 0 saturated carbocycles. The van der Waals surface area contributed by atoms with Gasteiger partial charge in [-0.05, 0) is 60.7 Å². The quantitative estimate of drug-likeness (QED) is 0.0346. The van der Waals surface area contributed by atoms with Gasteiger partial charge in [0.1, 0.15) is 17.2 Å². The molecule has 7 aromatic rings. The smallest absolute Gasteiger partial charge is 0.300 e. The zero-order valence-electron chi connectivity index (χ0n) is 34.8. The molecule has 0 spiro atoms. The maximum atomic E-state index is 10.1. The first-order valence-electron chi connectivity index (χ1n) is 18.5. The van der Waals surface area contributed by atoms with Crippen molar-refractivity contribution in [3.8, 4) is 39.5 Å². The summed E-state index contributed by atoms with van der Waals surface area (Å²) in [4.78, 5) is 37.3. The van der Waals surface area contributed by atoms with Crippen LogP contribution in [-0.2, 0) is 48.5 Å². The first-order valence-corrected chi connectivity index (χ1v) is 18.5. The normalized spacial score (nSPS) is 9.38. The van der Waals surface area contributed by atoms with Gasteiger partial charge in [-0.2, -0.15) is 0 Å². The number of carbonyl (C=O) groups is 3. The van der Waals surface area contributed by atoms with Crippen LogP contribution < -0.4 is 11.5 Å². The number of anilines is 2. The minimum atomic E-state index is -0.833. The third kappa shape index (κ3) is 21.1. The summed E-state index contributed by atoms with van der Waals surface area (Å²) in [6.45, 7) is 2.17. The Labute approximate surface area is 406 Å². The number of rotatable bonds is 7. The summed E-state index contributed by atoms with van der Waals surface area (Å²) in [5.41, 5.74) is 20.2. The molecule has 0 unspecified atom stereocenters. The van der Waals surface area contributed by atoms with E-state index >= 15 is 0 Å². The van der Waals surface area contributed by atoms with E-state index in [2.05, 4.69) is 9.98 Å². The van der Waals surface area contributed by atoms with E-state index in [-0.39, 0.29) is 71.1 Å². The molecule has 0 amide bonds. The Morgan fingerprint density at radius 3 is 0.954 bits per heavy atom. The first-order chi connectivity index (χ1) is 29.3. The number of hydrogen-bond donors (Lipinski definition) is 7. The largest absolute Gasteiger partial charge is 0.507 e. The number of nitrogens with two attached hydrogens (primary N) is 2. The van der Waals surface area contributed by atoms with Crippen molar-refractivity contribution in [1.29, 1.82) is 0 Å². The molecule has 65 heavy (non-hydrogen) atoms. The van der Waals surface area contributed by atoms with Gasteiger partial charge in [-0.3, -0.25) is 24.4 Å². The maximum Gasteiger partial charge on any atom is 0.300 e. The van der Waals surface area contributed by atoms with E-state index in [0.717, 1.165) is 58.9 Å². The minimum absolute atomic E-state index is 0. The van der Waals surface area contributed by atoms with Crippen molar-refractivity contribution in [2.24, 2.45) is 9.98 Å². The van der Waals surface area contributed by atoms with E-state index < -0.39 is 11.9 Å². The van der Waals surface area contributed by atoms with Crippen molar-refractivity contribution in [3.63, 3.8) is 0 Å². The standard InChI is InChI=1S/C26H20N2O2.C12H12N2.C7H6O2.2C2H4O2.2CH4.2Zn/c29-25-15-7-1-9-19(25)17-27-23-13-5-3-11-21(23)22-12-4-6-14-24(22)28-18-20-10-2-8-16-26(20)30;13-11-7-3-1-5-9(11)10-6-2-4-8-12(10)14;8-5-6-3-1-2-4-7(6)9;2*1-2(3)4;;;;/h1-18,29-30H;1-8H,13-14H2;1-5,9H;2*1H3,(H,3,4);2*1H4;;. The Morgan fingerprint density at radius 1 is 0.431 bits per heavy atom. The summed E-state index contributed by atoms with van der Waals surface area (Å²) >= 11 is 0. The van der Waals surface area contributed by atoms with Crippen LogP contribution in [0.5, 0.6) is 17.2 Å². The average molecular weight is 982 g/mol. The number of hydrogen-bond acceptors (Lipinski definition) is 10. The molecule has 0 saturated heterocycles. The molecule has 330 valence electrons. The van der Waals surface area contributed by atoms with Gasteiger partial charge >= 0.3 is 0 Å². The fraction of sp³-hybridized carbons (Fsp3) is 0.0784. The molecule has 9 N–H and O–H groups in total. The third-order valence-corrected chi connectivity index (χ3v) is 7.93. The molecule has 0 aliphatic heterocycles. The van der Waals surface area contributed by atoms with Crippen LogP contribution in [0.15, 0.2) is 180 Å². The fourth-order valence-corrected chi connectivity index (χ4v) is 5.17. The van der Waals surface area contributed by atoms with E-state index in [0.29, 0.717) is 23.0 Å². The molecule has 0 atom stereocenters. The van der Waals surface area contributed by atoms with Gasteiger partial charge in [0.15, 0.2) is 6.29 Å². The Kier molecular flexibility index (Phi) is 29.8. The van der Waals surface area contributed by atoms with E-state index in [1.807, 2.05) is 121 Å². The summed E-state index contributed by atoms with van der Waals surface area (Å²) in [7, 11) is 0. The zero-order chi connectivity index (χ0) is 44.6. The number of benzene rings is 7. The number of aldehydes is 1. The molecule has 12 nitrogen and oxygen atoms in total. The third-order valence-electron chi connectivity index (χ3n) is 7.93. The molecule has 7 rings (SSSR count). The topological polar surface area (TPSA) is 229 Å². The molecule has 0 bridgehead atoms. The monoisotopic (exact) mass is 978 g/mol. The predicted molar refractivity (Wildman–Crippen MR) is 257 cm³/mol. The van der Waals surface area contributed by atoms with Crippen LogP contribution in [0, 0.1) is 0 Å². The van der Waals surface area contributed by atoms with Crippen molar-refractivity contribution in [1.82, 2.24) is 0 Å². The second kappa shape index (κ2) is 32.4. The number of aliphatic imine (C=N–C) groups is 2. The molecule has 0 aliphatic rings. The molecule has 0 aromatic heterocycles. The molecule has 0 fully saturated rings. The van der Waals surface area contributed by atoms with Gasteiger partial charge in [-0.15, -0.1) is 0 Å². The number of phenols is 3. The molecule has 0 aliphatic carbocycles. The first kappa shape index (κ1) is 59.8. The van der Waals surface area contributed by atoms with Gasteiger partial charge in [-0.25, -0.2) is 0 Å². The van der Waals surface area contributed by atoms with Crippen LogP contribution in [0.2, 0.25) is 0 Å². The summed E-state index contributed by atoms with van der Waals surface area (Å²) in [6.07, 6.45) is 3.93. The van der Waals surface area contributed by atoms with Crippen LogP contribution >= 0.6 is 0 Å². The summed E-state index contributed by atoms with van der Waals surface area (Å²) < 4.78 is 0. The molecular weight excluding hydrogens is 927 g/mol. The second-order valence-corrected chi connectivity index (χ2v) is 12.6. The van der Waals surface area contributed by atoms with Gasteiger partial charge < -0.3 is 37.0 Å². The van der Waals surface area contributed by atoms with Crippen molar-refractivity contribution in [2.75, 3.05) is 11.5 Å². The van der Waals surface area contributed by atoms with Gasteiger partial charge in [0.05, 0.1) is 16.9 Å². The van der Waals surface area contributed by atoms with E-state index in [1.165, 1.54) is 6.07 Å².